The molecule has 7 nitrogen and oxygen atoms in total. The van der Waals surface area contributed by atoms with Crippen molar-refractivity contribution in [1.82, 2.24) is 15.1 Å². The van der Waals surface area contributed by atoms with E-state index < -0.39 is 6.09 Å². The van der Waals surface area contributed by atoms with Crippen LogP contribution in [0.15, 0.2) is 24.3 Å². The predicted molar refractivity (Wildman–Crippen MR) is 94.2 cm³/mol. The Bertz CT molecular complexity index is 608. The highest BCUT2D eigenvalue weighted by Crippen LogP contribution is 2.22. The van der Waals surface area contributed by atoms with Crippen LogP contribution >= 0.6 is 0 Å². The summed E-state index contributed by atoms with van der Waals surface area (Å²) in [5.74, 6) is -0.607. The number of amides is 2. The number of halogens is 1. The predicted octanol–water partition coefficient (Wildman–Crippen LogP) is 1.40. The minimum Gasteiger partial charge on any atom is -0.450 e. The molecule has 0 aromatic heterocycles. The number of carbonyl (C=O) groups is 2. The van der Waals surface area contributed by atoms with Crippen LogP contribution in [0.3, 0.4) is 0 Å². The first-order valence-corrected chi connectivity index (χ1v) is 8.73. The Labute approximate surface area is 153 Å². The highest BCUT2D eigenvalue weighted by molar-refractivity contribution is 5.82. The van der Waals surface area contributed by atoms with Crippen LogP contribution in [0.2, 0.25) is 0 Å². The van der Waals surface area contributed by atoms with Gasteiger partial charge in [-0.15, -0.1) is 0 Å². The first-order valence-electron chi connectivity index (χ1n) is 8.73. The standard InChI is InChI=1S/C18H26FN3O4/c1-3-26-18(24)21(2)13-17(23)20-12-16(22-7-9-25-10-8-22)14-5-4-6-15(19)11-14/h4-6,11,16H,3,7-10,12-13H2,1-2H3,(H,20,23)/t16-/m0/s1. The molecule has 1 heterocycles. The second-order valence-corrected chi connectivity index (χ2v) is 6.08. The molecule has 0 aliphatic carbocycles. The van der Waals surface area contributed by atoms with Gasteiger partial charge < -0.3 is 19.7 Å². The number of benzene rings is 1. The summed E-state index contributed by atoms with van der Waals surface area (Å²) >= 11 is 0. The number of rotatable bonds is 7. The van der Waals surface area contributed by atoms with Crippen molar-refractivity contribution in [3.8, 4) is 0 Å². The Morgan fingerprint density at radius 2 is 2.12 bits per heavy atom. The second-order valence-electron chi connectivity index (χ2n) is 6.08. The van der Waals surface area contributed by atoms with E-state index in [0.717, 1.165) is 5.56 Å². The molecule has 2 amide bonds. The molecule has 26 heavy (non-hydrogen) atoms. The van der Waals surface area contributed by atoms with Crippen molar-refractivity contribution in [1.29, 1.82) is 0 Å². The molecular weight excluding hydrogens is 341 g/mol. The SMILES string of the molecule is CCOC(=O)N(C)CC(=O)NC[C@@H](c1cccc(F)c1)N1CCOCC1. The zero-order valence-corrected chi connectivity index (χ0v) is 15.2. The van der Waals surface area contributed by atoms with Crippen LogP contribution in [0.1, 0.15) is 18.5 Å². The first kappa shape index (κ1) is 20.1. The van der Waals surface area contributed by atoms with Gasteiger partial charge in [0.2, 0.25) is 5.91 Å². The van der Waals surface area contributed by atoms with E-state index >= 15 is 0 Å². The molecule has 0 bridgehead atoms. The highest BCUT2D eigenvalue weighted by Gasteiger charge is 2.24. The van der Waals surface area contributed by atoms with Gasteiger partial charge in [0.15, 0.2) is 0 Å². The van der Waals surface area contributed by atoms with Gasteiger partial charge in [-0.25, -0.2) is 9.18 Å². The molecule has 1 aromatic rings. The van der Waals surface area contributed by atoms with Gasteiger partial charge in [0.1, 0.15) is 12.4 Å². The molecule has 1 aliphatic heterocycles. The fourth-order valence-corrected chi connectivity index (χ4v) is 2.84. The normalized spacial score (nSPS) is 16.0. The van der Waals surface area contributed by atoms with Crippen molar-refractivity contribution in [2.75, 3.05) is 53.0 Å². The molecule has 0 saturated carbocycles. The zero-order chi connectivity index (χ0) is 18.9. The van der Waals surface area contributed by atoms with Crippen LogP contribution in [0.4, 0.5) is 9.18 Å². The minimum absolute atomic E-state index is 0.0994. The van der Waals surface area contributed by atoms with E-state index in [1.807, 2.05) is 6.07 Å². The quantitative estimate of drug-likeness (QED) is 0.789. The van der Waals surface area contributed by atoms with E-state index in [9.17, 15) is 14.0 Å². The lowest BCUT2D eigenvalue weighted by atomic mass is 10.0. The van der Waals surface area contributed by atoms with Crippen molar-refractivity contribution >= 4 is 12.0 Å². The van der Waals surface area contributed by atoms with Gasteiger partial charge >= 0.3 is 6.09 Å². The Morgan fingerprint density at radius 1 is 1.38 bits per heavy atom. The topological polar surface area (TPSA) is 71.1 Å². The van der Waals surface area contributed by atoms with Crippen molar-refractivity contribution in [3.05, 3.63) is 35.6 Å². The van der Waals surface area contributed by atoms with Crippen molar-refractivity contribution < 1.29 is 23.5 Å². The maximum Gasteiger partial charge on any atom is 0.409 e. The number of ether oxygens (including phenoxy) is 2. The molecule has 0 unspecified atom stereocenters. The van der Waals surface area contributed by atoms with E-state index in [0.29, 0.717) is 32.8 Å². The lowest BCUT2D eigenvalue weighted by Gasteiger charge is -2.35. The summed E-state index contributed by atoms with van der Waals surface area (Å²) in [6.07, 6.45) is -0.544. The lowest BCUT2D eigenvalue weighted by Crippen LogP contribution is -2.45. The smallest absolute Gasteiger partial charge is 0.409 e. The van der Waals surface area contributed by atoms with Crippen LogP contribution < -0.4 is 5.32 Å². The van der Waals surface area contributed by atoms with E-state index in [1.165, 1.54) is 24.1 Å². The van der Waals surface area contributed by atoms with Crippen LogP contribution in [0, 0.1) is 5.82 Å². The summed E-state index contributed by atoms with van der Waals surface area (Å²) in [7, 11) is 1.50. The van der Waals surface area contributed by atoms with Gasteiger partial charge in [0, 0.05) is 26.7 Å². The van der Waals surface area contributed by atoms with Crippen LogP contribution in [-0.4, -0.2) is 74.8 Å². The van der Waals surface area contributed by atoms with Crippen molar-refractivity contribution in [3.63, 3.8) is 0 Å². The minimum atomic E-state index is -0.544. The Kier molecular flexibility index (Phi) is 7.80. The number of morpholine rings is 1. The summed E-state index contributed by atoms with van der Waals surface area (Å²) in [6.45, 7) is 4.80. The number of carbonyl (C=O) groups excluding carboxylic acids is 2. The number of nitrogens with one attached hydrogen (secondary N) is 1. The van der Waals surface area contributed by atoms with E-state index in [4.69, 9.17) is 9.47 Å². The van der Waals surface area contributed by atoms with E-state index in [-0.39, 0.29) is 30.9 Å². The number of nitrogens with zero attached hydrogens (tertiary/aromatic N) is 2. The Hall–Kier alpha value is -2.19. The van der Waals surface area contributed by atoms with Crippen molar-refractivity contribution in [2.24, 2.45) is 0 Å². The maximum atomic E-state index is 13.6. The average molecular weight is 367 g/mol. The molecule has 1 fully saturated rings. The second kappa shape index (κ2) is 10.1. The molecule has 2 rings (SSSR count). The largest absolute Gasteiger partial charge is 0.450 e. The zero-order valence-electron chi connectivity index (χ0n) is 15.2. The molecular formula is C18H26FN3O4. The molecule has 1 atom stereocenters. The Balaban J connectivity index is 1.98. The first-order chi connectivity index (χ1) is 12.5. The summed E-state index contributed by atoms with van der Waals surface area (Å²) in [5, 5.41) is 2.83. The van der Waals surface area contributed by atoms with Gasteiger partial charge in [0.25, 0.3) is 0 Å². The van der Waals surface area contributed by atoms with Crippen LogP contribution in [0.5, 0.6) is 0 Å². The van der Waals surface area contributed by atoms with Gasteiger partial charge in [-0.1, -0.05) is 12.1 Å². The van der Waals surface area contributed by atoms with Gasteiger partial charge in [-0.3, -0.25) is 9.69 Å². The summed E-state index contributed by atoms with van der Waals surface area (Å²) in [5.41, 5.74) is 0.797. The third-order valence-corrected chi connectivity index (χ3v) is 4.17. The summed E-state index contributed by atoms with van der Waals surface area (Å²) in [6, 6.07) is 6.23. The summed E-state index contributed by atoms with van der Waals surface area (Å²) < 4.78 is 23.9. The monoisotopic (exact) mass is 367 g/mol. The van der Waals surface area contributed by atoms with E-state index in [2.05, 4.69) is 10.2 Å². The van der Waals surface area contributed by atoms with Crippen molar-refractivity contribution in [2.45, 2.75) is 13.0 Å². The molecule has 1 aromatic carbocycles. The fraction of sp³-hybridized carbons (Fsp3) is 0.556. The number of likely N-dealkylation sites (N-methyl/N-ethyl adjacent to an activating group) is 1. The molecule has 0 radical (unpaired) electrons. The van der Waals surface area contributed by atoms with Crippen LogP contribution in [0.25, 0.3) is 0 Å². The highest BCUT2D eigenvalue weighted by atomic mass is 19.1. The van der Waals surface area contributed by atoms with Gasteiger partial charge in [0.05, 0.1) is 25.9 Å². The van der Waals surface area contributed by atoms with E-state index in [1.54, 1.807) is 13.0 Å². The third kappa shape index (κ3) is 5.96. The number of hydrogen-bond acceptors (Lipinski definition) is 5. The third-order valence-electron chi connectivity index (χ3n) is 4.17. The Morgan fingerprint density at radius 3 is 2.77 bits per heavy atom. The van der Waals surface area contributed by atoms with Gasteiger partial charge in [-0.2, -0.15) is 0 Å². The maximum absolute atomic E-state index is 13.6. The molecule has 1 saturated heterocycles. The molecule has 1 aliphatic rings. The van der Waals surface area contributed by atoms with Gasteiger partial charge in [-0.05, 0) is 24.6 Å². The fourth-order valence-electron chi connectivity index (χ4n) is 2.84. The van der Waals surface area contributed by atoms with Crippen LogP contribution in [-0.2, 0) is 14.3 Å². The number of hydrogen-bond donors (Lipinski definition) is 1. The molecule has 144 valence electrons. The average Bonchev–Trinajstić information content (AvgIpc) is 2.63. The molecule has 8 heteroatoms. The molecule has 1 N–H and O–H groups in total. The molecule has 0 spiro atoms. The summed E-state index contributed by atoms with van der Waals surface area (Å²) in [4.78, 5) is 27.1. The lowest BCUT2D eigenvalue weighted by molar-refractivity contribution is -0.122.